The zero-order valence-corrected chi connectivity index (χ0v) is 9.58. The molecule has 0 aromatic heterocycles. The normalized spacial score (nSPS) is 43.8. The predicted octanol–water partition coefficient (Wildman–Crippen LogP) is 2.79. The molecule has 0 aromatic carbocycles. The van der Waals surface area contributed by atoms with E-state index in [2.05, 4.69) is 13.8 Å². The van der Waals surface area contributed by atoms with Crippen LogP contribution in [0.25, 0.3) is 0 Å². The van der Waals surface area contributed by atoms with E-state index < -0.39 is 10.3 Å². The molecule has 76 valence electrons. The fraction of sp³-hybridized carbons (Fsp3) is 1.00. The van der Waals surface area contributed by atoms with Gasteiger partial charge in [-0.3, -0.25) is 4.18 Å². The lowest BCUT2D eigenvalue weighted by molar-refractivity contribution is 0.0110. The highest BCUT2D eigenvalue weighted by Gasteiger charge is 2.60. The molecule has 0 amide bonds. The lowest BCUT2D eigenvalue weighted by atomic mass is 9.79. The van der Waals surface area contributed by atoms with Gasteiger partial charge in [-0.25, -0.2) is 4.21 Å². The van der Waals surface area contributed by atoms with Crippen LogP contribution < -0.4 is 0 Å². The van der Waals surface area contributed by atoms with Crippen LogP contribution in [0.15, 0.2) is 0 Å². The van der Waals surface area contributed by atoms with Crippen molar-refractivity contribution in [2.24, 2.45) is 11.3 Å². The topological polar surface area (TPSA) is 26.3 Å². The van der Waals surface area contributed by atoms with Crippen LogP contribution in [0.5, 0.6) is 0 Å². The molecular formula is C9H15ClO2S. The van der Waals surface area contributed by atoms with E-state index in [1.165, 1.54) is 12.8 Å². The third-order valence-electron chi connectivity index (χ3n) is 4.21. The number of rotatable bonds is 2. The molecule has 0 saturated heterocycles. The zero-order valence-electron chi connectivity index (χ0n) is 8.01. The Morgan fingerprint density at radius 2 is 1.92 bits per heavy atom. The summed E-state index contributed by atoms with van der Waals surface area (Å²) in [5, 5.41) is 0. The molecule has 0 radical (unpaired) electrons. The van der Waals surface area contributed by atoms with Crippen LogP contribution >= 0.6 is 10.7 Å². The van der Waals surface area contributed by atoms with E-state index in [-0.39, 0.29) is 11.0 Å². The first kappa shape index (κ1) is 9.94. The Morgan fingerprint density at radius 1 is 1.38 bits per heavy atom. The smallest absolute Gasteiger partial charge is 0.256 e. The summed E-state index contributed by atoms with van der Waals surface area (Å²) < 4.78 is 16.4. The second-order valence-corrected chi connectivity index (χ2v) is 6.08. The SMILES string of the molecule is CC1(C)C2CCC1(OS(=O)Cl)CC2. The molecule has 0 heterocycles. The van der Waals surface area contributed by atoms with Crippen LogP contribution in [-0.4, -0.2) is 9.81 Å². The van der Waals surface area contributed by atoms with Crippen molar-refractivity contribution in [1.29, 1.82) is 0 Å². The molecule has 2 fully saturated rings. The summed E-state index contributed by atoms with van der Waals surface area (Å²) in [5.41, 5.74) is -0.0537. The first-order chi connectivity index (χ1) is 5.98. The van der Waals surface area contributed by atoms with Crippen LogP contribution in [0.1, 0.15) is 39.5 Å². The van der Waals surface area contributed by atoms with Gasteiger partial charge in [0.05, 0.1) is 5.60 Å². The summed E-state index contributed by atoms with van der Waals surface area (Å²) in [6, 6.07) is 0. The highest BCUT2D eigenvalue weighted by atomic mass is 35.7. The van der Waals surface area contributed by atoms with Crippen LogP contribution in [-0.2, 0) is 14.5 Å². The van der Waals surface area contributed by atoms with E-state index in [4.69, 9.17) is 14.9 Å². The number of halogens is 1. The number of hydrogen-bond acceptors (Lipinski definition) is 2. The average molecular weight is 223 g/mol. The van der Waals surface area contributed by atoms with E-state index in [0.717, 1.165) is 18.8 Å². The van der Waals surface area contributed by atoms with Crippen molar-refractivity contribution in [3.05, 3.63) is 0 Å². The lowest BCUT2D eigenvalue weighted by Gasteiger charge is -2.35. The van der Waals surface area contributed by atoms with E-state index in [9.17, 15) is 4.21 Å². The minimum Gasteiger partial charge on any atom is -0.271 e. The molecule has 4 heteroatoms. The van der Waals surface area contributed by atoms with Gasteiger partial charge < -0.3 is 0 Å². The van der Waals surface area contributed by atoms with Gasteiger partial charge in [-0.1, -0.05) is 13.8 Å². The zero-order chi connectivity index (χ0) is 9.69. The highest BCUT2D eigenvalue weighted by Crippen LogP contribution is 2.62. The van der Waals surface area contributed by atoms with Crippen molar-refractivity contribution in [2.75, 3.05) is 0 Å². The first-order valence-electron chi connectivity index (χ1n) is 4.75. The maximum absolute atomic E-state index is 10.9. The molecule has 2 saturated carbocycles. The summed E-state index contributed by atoms with van der Waals surface area (Å²) in [7, 11) is 3.78. The summed E-state index contributed by atoms with van der Waals surface area (Å²) in [6.45, 7) is 4.42. The van der Waals surface area contributed by atoms with Gasteiger partial charge in [0.15, 0.2) is 0 Å². The Kier molecular flexibility index (Phi) is 2.25. The van der Waals surface area contributed by atoms with Gasteiger partial charge in [0.2, 0.25) is 0 Å². The van der Waals surface area contributed by atoms with Crippen LogP contribution in [0, 0.1) is 11.3 Å². The van der Waals surface area contributed by atoms with Crippen LogP contribution in [0.4, 0.5) is 0 Å². The molecule has 13 heavy (non-hydrogen) atoms. The molecule has 2 aliphatic carbocycles. The molecule has 2 nitrogen and oxygen atoms in total. The molecule has 0 spiro atoms. The average Bonchev–Trinajstić information content (AvgIpc) is 2.36. The van der Waals surface area contributed by atoms with E-state index in [1.54, 1.807) is 0 Å². The minimum atomic E-state index is -1.64. The van der Waals surface area contributed by atoms with Crippen molar-refractivity contribution < 1.29 is 8.39 Å². The van der Waals surface area contributed by atoms with Gasteiger partial charge in [0, 0.05) is 10.7 Å². The Hall–Kier alpha value is 0.400. The monoisotopic (exact) mass is 222 g/mol. The van der Waals surface area contributed by atoms with Gasteiger partial charge in [-0.05, 0) is 37.0 Å². The fourth-order valence-corrected chi connectivity index (χ4v) is 4.13. The van der Waals surface area contributed by atoms with Gasteiger partial charge >= 0.3 is 0 Å². The van der Waals surface area contributed by atoms with Crippen LogP contribution in [0.2, 0.25) is 0 Å². The maximum atomic E-state index is 10.9. The second kappa shape index (κ2) is 2.94. The number of fused-ring (bicyclic) bond motifs is 2. The Labute approximate surface area is 86.2 Å². The largest absolute Gasteiger partial charge is 0.271 e. The Morgan fingerprint density at radius 3 is 2.23 bits per heavy atom. The molecule has 1 atom stereocenters. The molecule has 0 N–H and O–H groups in total. The second-order valence-electron chi connectivity index (χ2n) is 4.77. The van der Waals surface area contributed by atoms with Gasteiger partial charge in [-0.15, -0.1) is 0 Å². The van der Waals surface area contributed by atoms with Crippen molar-refractivity contribution in [3.8, 4) is 0 Å². The Bertz CT molecular complexity index is 244. The number of hydrogen-bond donors (Lipinski definition) is 0. The summed E-state index contributed by atoms with van der Waals surface area (Å²) in [6.07, 6.45) is 4.43. The summed E-state index contributed by atoms with van der Waals surface area (Å²) in [5.74, 6) is 0.729. The summed E-state index contributed by atoms with van der Waals surface area (Å²) >= 11 is 0. The molecule has 2 rings (SSSR count). The van der Waals surface area contributed by atoms with Crippen molar-refractivity contribution in [3.63, 3.8) is 0 Å². The van der Waals surface area contributed by atoms with Crippen molar-refractivity contribution in [1.82, 2.24) is 0 Å². The first-order valence-corrected chi connectivity index (χ1v) is 6.66. The fourth-order valence-electron chi connectivity index (χ4n) is 3.14. The van der Waals surface area contributed by atoms with Gasteiger partial charge in [-0.2, -0.15) is 0 Å². The maximum Gasteiger partial charge on any atom is 0.256 e. The minimum absolute atomic E-state index is 0.150. The third-order valence-corrected chi connectivity index (χ3v) is 4.85. The van der Waals surface area contributed by atoms with Gasteiger partial charge in [0.25, 0.3) is 10.3 Å². The van der Waals surface area contributed by atoms with E-state index in [1.807, 2.05) is 0 Å². The van der Waals surface area contributed by atoms with E-state index in [0.29, 0.717) is 0 Å². The van der Waals surface area contributed by atoms with Crippen molar-refractivity contribution >= 4 is 21.0 Å². The standard InChI is InChI=1S/C9H15ClO2S/c1-8(2)7-3-5-9(8,6-4-7)12-13(10)11/h7H,3-6H2,1-2H3. The van der Waals surface area contributed by atoms with E-state index >= 15 is 0 Å². The highest BCUT2D eigenvalue weighted by molar-refractivity contribution is 8.04. The Balaban J connectivity index is 2.26. The van der Waals surface area contributed by atoms with Gasteiger partial charge in [0.1, 0.15) is 0 Å². The predicted molar refractivity (Wildman–Crippen MR) is 53.6 cm³/mol. The summed E-state index contributed by atoms with van der Waals surface area (Å²) in [4.78, 5) is 0. The molecule has 0 aromatic rings. The van der Waals surface area contributed by atoms with Crippen molar-refractivity contribution in [2.45, 2.75) is 45.1 Å². The lowest BCUT2D eigenvalue weighted by Crippen LogP contribution is -2.40. The molecule has 0 aliphatic heterocycles. The molecule has 2 bridgehead atoms. The molecule has 1 unspecified atom stereocenters. The van der Waals surface area contributed by atoms with Crippen LogP contribution in [0.3, 0.4) is 0 Å². The molecule has 2 aliphatic rings. The molecular weight excluding hydrogens is 208 g/mol. The quantitative estimate of drug-likeness (QED) is 0.672. The third kappa shape index (κ3) is 1.28.